The van der Waals surface area contributed by atoms with Crippen molar-refractivity contribution in [3.8, 4) is 0 Å². The Morgan fingerprint density at radius 2 is 2.00 bits per heavy atom. The molecule has 0 radical (unpaired) electrons. The topological polar surface area (TPSA) is 75.7 Å². The zero-order valence-electron chi connectivity index (χ0n) is 13.2. The van der Waals surface area contributed by atoms with Gasteiger partial charge < -0.3 is 20.7 Å². The van der Waals surface area contributed by atoms with Crippen molar-refractivity contribution >= 4 is 28.1 Å². The highest BCUT2D eigenvalue weighted by Crippen LogP contribution is 2.49. The fourth-order valence-corrected chi connectivity index (χ4v) is 5.80. The molecule has 4 rings (SSSR count). The first-order valence-electron chi connectivity index (χ1n) is 7.93. The highest BCUT2D eigenvalue weighted by Gasteiger charge is 2.63. The summed E-state index contributed by atoms with van der Waals surface area (Å²) in [4.78, 5) is 1.01. The van der Waals surface area contributed by atoms with E-state index in [9.17, 15) is 10.2 Å². The van der Waals surface area contributed by atoms with E-state index < -0.39 is 17.2 Å². The molecule has 3 unspecified atom stereocenters. The van der Waals surface area contributed by atoms with Gasteiger partial charge in [-0.2, -0.15) is 0 Å². The normalized spacial score (nSPS) is 31.8. The second-order valence-corrected chi connectivity index (χ2v) is 8.51. The standard InChI is InChI=1S/C17H21N2O3S2/c18-9-17(10-22-11-17)19(14-6-3-7-23-14)8-12-4-1-2-5-13(12)24-16(21)15(19)20/h1-7,15-16,20-21H,8-11,18H2/q+1. The summed E-state index contributed by atoms with van der Waals surface area (Å²) in [6.07, 6.45) is -0.978. The van der Waals surface area contributed by atoms with Crippen LogP contribution in [-0.2, 0) is 11.3 Å². The molecule has 7 heteroatoms. The molecule has 2 aliphatic heterocycles. The van der Waals surface area contributed by atoms with E-state index >= 15 is 0 Å². The van der Waals surface area contributed by atoms with Gasteiger partial charge in [-0.3, -0.25) is 0 Å². The number of hydrogen-bond donors (Lipinski definition) is 3. The van der Waals surface area contributed by atoms with E-state index in [1.54, 1.807) is 11.3 Å². The van der Waals surface area contributed by atoms with Crippen molar-refractivity contribution in [3.05, 3.63) is 47.3 Å². The Morgan fingerprint density at radius 1 is 1.21 bits per heavy atom. The molecule has 1 fully saturated rings. The number of thiophene rings is 1. The van der Waals surface area contributed by atoms with Gasteiger partial charge >= 0.3 is 0 Å². The second-order valence-electron chi connectivity index (χ2n) is 6.43. The molecule has 0 bridgehead atoms. The number of benzene rings is 1. The van der Waals surface area contributed by atoms with Gasteiger partial charge in [0.1, 0.15) is 19.8 Å². The van der Waals surface area contributed by atoms with E-state index in [0.29, 0.717) is 26.3 Å². The highest BCUT2D eigenvalue weighted by atomic mass is 32.2. The van der Waals surface area contributed by atoms with E-state index in [1.165, 1.54) is 11.8 Å². The average molecular weight is 366 g/mol. The lowest BCUT2D eigenvalue weighted by atomic mass is 9.89. The minimum Gasteiger partial charge on any atom is -0.374 e. The van der Waals surface area contributed by atoms with Crippen molar-refractivity contribution < 1.29 is 14.9 Å². The Kier molecular flexibility index (Phi) is 4.20. The fourth-order valence-electron chi connectivity index (χ4n) is 3.76. The molecular weight excluding hydrogens is 344 g/mol. The van der Waals surface area contributed by atoms with Crippen molar-refractivity contribution in [2.24, 2.45) is 5.73 Å². The van der Waals surface area contributed by atoms with E-state index in [4.69, 9.17) is 10.5 Å². The maximum absolute atomic E-state index is 11.2. The second kappa shape index (κ2) is 6.10. The van der Waals surface area contributed by atoms with Crippen molar-refractivity contribution in [3.63, 3.8) is 0 Å². The van der Waals surface area contributed by atoms with Gasteiger partial charge in [0.05, 0.1) is 6.54 Å². The predicted octanol–water partition coefficient (Wildman–Crippen LogP) is 1.73. The summed E-state index contributed by atoms with van der Waals surface area (Å²) >= 11 is 2.90. The van der Waals surface area contributed by atoms with Crippen molar-refractivity contribution in [2.75, 3.05) is 19.8 Å². The van der Waals surface area contributed by atoms with E-state index in [-0.39, 0.29) is 4.48 Å². The fraction of sp³-hybridized carbons (Fsp3) is 0.412. The molecule has 1 aromatic heterocycles. The summed E-state index contributed by atoms with van der Waals surface area (Å²) in [5.41, 5.74) is 5.94. The summed E-state index contributed by atoms with van der Waals surface area (Å²) in [7, 11) is 0. The third-order valence-electron chi connectivity index (χ3n) is 5.21. The number of nitrogens with zero attached hydrogens (tertiary/aromatic N) is 1. The van der Waals surface area contributed by atoms with Crippen LogP contribution in [0, 0.1) is 0 Å². The molecule has 1 saturated heterocycles. The number of quaternary nitrogens is 1. The van der Waals surface area contributed by atoms with E-state index in [1.807, 2.05) is 35.7 Å². The Balaban J connectivity index is 1.94. The van der Waals surface area contributed by atoms with Crippen LogP contribution in [0.1, 0.15) is 5.56 Å². The van der Waals surface area contributed by atoms with Crippen LogP contribution in [0.5, 0.6) is 0 Å². The predicted molar refractivity (Wildman–Crippen MR) is 96.7 cm³/mol. The zero-order chi connectivity index (χ0) is 16.8. The van der Waals surface area contributed by atoms with Gasteiger partial charge in [0.25, 0.3) is 0 Å². The third-order valence-corrected chi connectivity index (χ3v) is 7.35. The Morgan fingerprint density at radius 3 is 2.62 bits per heavy atom. The third kappa shape index (κ3) is 2.20. The van der Waals surface area contributed by atoms with Crippen molar-refractivity contribution in [1.82, 2.24) is 4.48 Å². The largest absolute Gasteiger partial charge is 0.374 e. The minimum absolute atomic E-state index is 0.229. The molecule has 2 aromatic rings. The van der Waals surface area contributed by atoms with Crippen LogP contribution in [-0.4, -0.2) is 47.2 Å². The smallest absolute Gasteiger partial charge is 0.233 e. The number of hydrogen-bond acceptors (Lipinski definition) is 6. The first-order chi connectivity index (χ1) is 11.6. The number of thioether (sulfide) groups is 1. The van der Waals surface area contributed by atoms with Gasteiger partial charge in [0.2, 0.25) is 6.23 Å². The van der Waals surface area contributed by atoms with Crippen LogP contribution in [0.3, 0.4) is 0 Å². The number of aliphatic hydroxyl groups is 2. The van der Waals surface area contributed by atoms with Gasteiger partial charge in [-0.1, -0.05) is 41.3 Å². The molecular formula is C17H21N2O3S2+. The van der Waals surface area contributed by atoms with E-state index in [0.717, 1.165) is 15.5 Å². The van der Waals surface area contributed by atoms with Crippen LogP contribution < -0.4 is 10.2 Å². The average Bonchev–Trinajstić information content (AvgIpc) is 3.05. The Bertz CT molecular complexity index is 715. The number of ether oxygens (including phenoxy) is 1. The summed E-state index contributed by atoms with van der Waals surface area (Å²) in [5.74, 6) is 0. The summed E-state index contributed by atoms with van der Waals surface area (Å²) in [6.45, 7) is 1.94. The van der Waals surface area contributed by atoms with Crippen LogP contribution in [0.15, 0.2) is 46.7 Å². The maximum Gasteiger partial charge on any atom is 0.233 e. The van der Waals surface area contributed by atoms with Crippen molar-refractivity contribution in [2.45, 2.75) is 28.6 Å². The number of rotatable bonds is 3. The van der Waals surface area contributed by atoms with Crippen LogP contribution in [0.4, 0.5) is 5.00 Å². The number of fused-ring (bicyclic) bond motifs is 1. The summed E-state index contributed by atoms with van der Waals surface area (Å²) < 4.78 is 5.76. The monoisotopic (exact) mass is 365 g/mol. The van der Waals surface area contributed by atoms with Crippen LogP contribution in [0.2, 0.25) is 0 Å². The molecule has 5 nitrogen and oxygen atoms in total. The lowest BCUT2D eigenvalue weighted by Gasteiger charge is -2.57. The van der Waals surface area contributed by atoms with Gasteiger partial charge in [-0.15, -0.1) is 0 Å². The minimum atomic E-state index is -0.978. The maximum atomic E-state index is 11.2. The van der Waals surface area contributed by atoms with E-state index in [2.05, 4.69) is 6.07 Å². The molecule has 3 atom stereocenters. The molecule has 0 spiro atoms. The molecule has 24 heavy (non-hydrogen) atoms. The lowest BCUT2D eigenvalue weighted by molar-refractivity contribution is -0.190. The number of aliphatic hydroxyl groups excluding tert-OH is 2. The van der Waals surface area contributed by atoms with Gasteiger partial charge in [0, 0.05) is 16.5 Å². The van der Waals surface area contributed by atoms with Crippen LogP contribution in [0.25, 0.3) is 0 Å². The van der Waals surface area contributed by atoms with Crippen LogP contribution >= 0.6 is 23.1 Å². The first kappa shape index (κ1) is 16.5. The summed E-state index contributed by atoms with van der Waals surface area (Å²) in [5, 5.41) is 25.0. The Labute approximate surface area is 149 Å². The van der Waals surface area contributed by atoms with Gasteiger partial charge in [0.15, 0.2) is 16.0 Å². The molecule has 4 N–H and O–H groups in total. The molecule has 128 valence electrons. The highest BCUT2D eigenvalue weighted by molar-refractivity contribution is 7.99. The SMILES string of the molecule is NCC1([N+]2(c3cccs3)Cc3ccccc3SC(O)C2O)COC1. The number of nitrogens with two attached hydrogens (primary N) is 1. The quantitative estimate of drug-likeness (QED) is 0.722. The molecule has 0 saturated carbocycles. The molecule has 2 aliphatic rings. The molecule has 0 aliphatic carbocycles. The first-order valence-corrected chi connectivity index (χ1v) is 9.69. The zero-order valence-corrected chi connectivity index (χ0v) is 14.8. The Hall–Kier alpha value is -0.930. The van der Waals surface area contributed by atoms with Gasteiger partial charge in [-0.05, 0) is 17.5 Å². The molecule has 0 amide bonds. The lowest BCUT2D eigenvalue weighted by Crippen LogP contribution is -2.81. The van der Waals surface area contributed by atoms with Gasteiger partial charge in [-0.25, -0.2) is 4.48 Å². The molecule has 1 aromatic carbocycles. The van der Waals surface area contributed by atoms with Crippen molar-refractivity contribution in [1.29, 1.82) is 0 Å². The molecule has 3 heterocycles. The summed E-state index contributed by atoms with van der Waals surface area (Å²) in [6, 6.07) is 12.0.